The molecular formula is C15H16F3N3O3. The van der Waals surface area contributed by atoms with Crippen molar-refractivity contribution in [3.63, 3.8) is 0 Å². The molecule has 0 unspecified atom stereocenters. The molecule has 1 heterocycles. The quantitative estimate of drug-likeness (QED) is 0.795. The molecule has 0 atom stereocenters. The van der Waals surface area contributed by atoms with Crippen molar-refractivity contribution in [2.45, 2.75) is 19.0 Å². The average molecular weight is 343 g/mol. The maximum atomic E-state index is 12.5. The van der Waals surface area contributed by atoms with Gasteiger partial charge in [-0.3, -0.25) is 14.4 Å². The van der Waals surface area contributed by atoms with E-state index in [9.17, 15) is 27.6 Å². The second kappa shape index (κ2) is 6.90. The number of hydrogen-bond acceptors (Lipinski definition) is 3. The van der Waals surface area contributed by atoms with Crippen molar-refractivity contribution < 1.29 is 27.6 Å². The van der Waals surface area contributed by atoms with Gasteiger partial charge in [0.25, 0.3) is 0 Å². The summed E-state index contributed by atoms with van der Waals surface area (Å²) in [5.41, 5.74) is 4.44. The summed E-state index contributed by atoms with van der Waals surface area (Å²) in [5, 5.41) is 2.26. The number of nitrogens with two attached hydrogens (primary N) is 1. The van der Waals surface area contributed by atoms with Gasteiger partial charge in [0.05, 0.1) is 5.56 Å². The number of primary amides is 1. The van der Waals surface area contributed by atoms with Crippen LogP contribution in [0.1, 0.15) is 18.4 Å². The Labute approximate surface area is 135 Å². The molecule has 2 rings (SSSR count). The molecule has 3 N–H and O–H groups in total. The van der Waals surface area contributed by atoms with E-state index >= 15 is 0 Å². The molecule has 1 saturated heterocycles. The van der Waals surface area contributed by atoms with Crippen LogP contribution in [0.4, 0.5) is 18.9 Å². The number of rotatable bonds is 2. The minimum atomic E-state index is -4.47. The van der Waals surface area contributed by atoms with Gasteiger partial charge >= 0.3 is 18.0 Å². The second-order valence-corrected chi connectivity index (χ2v) is 5.50. The highest BCUT2D eigenvalue weighted by Crippen LogP contribution is 2.29. The molecule has 0 bridgehead atoms. The van der Waals surface area contributed by atoms with Crippen LogP contribution in [-0.2, 0) is 20.6 Å². The Morgan fingerprint density at radius 2 is 1.62 bits per heavy atom. The SMILES string of the molecule is NC(=O)C1CCN(C(=O)C(=O)Nc2ccc(C(F)(F)F)cc2)CC1. The first kappa shape index (κ1) is 17.8. The minimum absolute atomic E-state index is 0.0911. The number of amides is 3. The number of benzene rings is 1. The van der Waals surface area contributed by atoms with Gasteiger partial charge in [-0.1, -0.05) is 0 Å². The van der Waals surface area contributed by atoms with Crippen LogP contribution in [0.25, 0.3) is 0 Å². The largest absolute Gasteiger partial charge is 0.416 e. The van der Waals surface area contributed by atoms with Gasteiger partial charge in [-0.15, -0.1) is 0 Å². The van der Waals surface area contributed by atoms with Crippen LogP contribution in [-0.4, -0.2) is 35.7 Å². The molecule has 1 aliphatic heterocycles. The molecule has 0 aliphatic carbocycles. The molecule has 24 heavy (non-hydrogen) atoms. The monoisotopic (exact) mass is 343 g/mol. The van der Waals surface area contributed by atoms with E-state index in [-0.39, 0.29) is 24.7 Å². The highest BCUT2D eigenvalue weighted by molar-refractivity contribution is 6.39. The molecule has 1 fully saturated rings. The summed E-state index contributed by atoms with van der Waals surface area (Å²) in [6.45, 7) is 0.458. The first-order valence-electron chi connectivity index (χ1n) is 7.25. The predicted octanol–water partition coefficient (Wildman–Crippen LogP) is 1.37. The molecule has 1 aromatic carbocycles. The Morgan fingerprint density at radius 3 is 2.08 bits per heavy atom. The summed E-state index contributed by atoms with van der Waals surface area (Å²) in [7, 11) is 0. The summed E-state index contributed by atoms with van der Waals surface area (Å²) in [6, 6.07) is 3.79. The average Bonchev–Trinajstić information content (AvgIpc) is 2.54. The first-order valence-corrected chi connectivity index (χ1v) is 7.25. The minimum Gasteiger partial charge on any atom is -0.369 e. The topological polar surface area (TPSA) is 92.5 Å². The molecule has 0 spiro atoms. The summed E-state index contributed by atoms with van der Waals surface area (Å²) >= 11 is 0. The lowest BCUT2D eigenvalue weighted by molar-refractivity contribution is -0.144. The molecule has 1 aliphatic rings. The molecule has 0 saturated carbocycles. The first-order chi connectivity index (χ1) is 11.2. The van der Waals surface area contributed by atoms with Gasteiger partial charge < -0.3 is 16.0 Å². The third-order valence-electron chi connectivity index (χ3n) is 3.85. The van der Waals surface area contributed by atoms with Gasteiger partial charge in [0.2, 0.25) is 5.91 Å². The Morgan fingerprint density at radius 1 is 1.08 bits per heavy atom. The van der Waals surface area contributed by atoms with Crippen LogP contribution in [0.2, 0.25) is 0 Å². The van der Waals surface area contributed by atoms with E-state index in [0.717, 1.165) is 24.3 Å². The fraction of sp³-hybridized carbons (Fsp3) is 0.400. The Bertz CT molecular complexity index is 636. The molecule has 6 nitrogen and oxygen atoms in total. The fourth-order valence-corrected chi connectivity index (χ4v) is 2.44. The predicted molar refractivity (Wildman–Crippen MR) is 78.6 cm³/mol. The highest BCUT2D eigenvalue weighted by atomic mass is 19.4. The van der Waals surface area contributed by atoms with Crippen molar-refractivity contribution in [1.29, 1.82) is 0 Å². The van der Waals surface area contributed by atoms with Crippen LogP contribution in [0.5, 0.6) is 0 Å². The Balaban J connectivity index is 1.92. The normalized spacial score (nSPS) is 15.9. The van der Waals surface area contributed by atoms with Gasteiger partial charge in [0, 0.05) is 24.7 Å². The van der Waals surface area contributed by atoms with E-state index in [0.29, 0.717) is 12.8 Å². The van der Waals surface area contributed by atoms with Gasteiger partial charge in [0.1, 0.15) is 0 Å². The lowest BCUT2D eigenvalue weighted by atomic mass is 9.96. The third-order valence-corrected chi connectivity index (χ3v) is 3.85. The zero-order valence-electron chi connectivity index (χ0n) is 12.6. The number of anilines is 1. The zero-order valence-corrected chi connectivity index (χ0v) is 12.6. The lowest BCUT2D eigenvalue weighted by Crippen LogP contribution is -2.46. The van der Waals surface area contributed by atoms with Crippen molar-refractivity contribution in [3.05, 3.63) is 29.8 Å². The summed E-state index contributed by atoms with van der Waals surface area (Å²) in [5.74, 6) is -2.48. The summed E-state index contributed by atoms with van der Waals surface area (Å²) in [6.07, 6.45) is -3.70. The van der Waals surface area contributed by atoms with Crippen molar-refractivity contribution >= 4 is 23.4 Å². The molecule has 0 aromatic heterocycles. The van der Waals surface area contributed by atoms with Gasteiger partial charge in [-0.05, 0) is 37.1 Å². The number of hydrogen-bond donors (Lipinski definition) is 2. The van der Waals surface area contributed by atoms with Crippen LogP contribution in [0, 0.1) is 5.92 Å². The second-order valence-electron chi connectivity index (χ2n) is 5.50. The molecule has 9 heteroatoms. The van der Waals surface area contributed by atoms with Crippen molar-refractivity contribution in [2.24, 2.45) is 11.7 Å². The summed E-state index contributed by atoms with van der Waals surface area (Å²) in [4.78, 5) is 36.3. The number of nitrogens with one attached hydrogen (secondary N) is 1. The smallest absolute Gasteiger partial charge is 0.369 e. The van der Waals surface area contributed by atoms with E-state index in [4.69, 9.17) is 5.73 Å². The molecular weight excluding hydrogens is 327 g/mol. The molecule has 130 valence electrons. The van der Waals surface area contributed by atoms with E-state index < -0.39 is 29.5 Å². The fourth-order valence-electron chi connectivity index (χ4n) is 2.44. The number of carbonyl (C=O) groups excluding carboxylic acids is 3. The van der Waals surface area contributed by atoms with Gasteiger partial charge in [-0.25, -0.2) is 0 Å². The van der Waals surface area contributed by atoms with Crippen molar-refractivity contribution in [2.75, 3.05) is 18.4 Å². The van der Waals surface area contributed by atoms with Crippen LogP contribution >= 0.6 is 0 Å². The van der Waals surface area contributed by atoms with Crippen LogP contribution in [0.3, 0.4) is 0 Å². The van der Waals surface area contributed by atoms with Gasteiger partial charge in [-0.2, -0.15) is 13.2 Å². The lowest BCUT2D eigenvalue weighted by Gasteiger charge is -2.29. The number of nitrogens with zero attached hydrogens (tertiary/aromatic N) is 1. The number of carbonyl (C=O) groups is 3. The molecule has 3 amide bonds. The van der Waals surface area contributed by atoms with E-state index in [1.165, 1.54) is 4.90 Å². The highest BCUT2D eigenvalue weighted by Gasteiger charge is 2.31. The van der Waals surface area contributed by atoms with E-state index in [1.54, 1.807) is 0 Å². The Hall–Kier alpha value is -2.58. The maximum absolute atomic E-state index is 12.5. The maximum Gasteiger partial charge on any atom is 0.416 e. The Kier molecular flexibility index (Phi) is 5.10. The van der Waals surface area contributed by atoms with E-state index in [2.05, 4.69) is 5.32 Å². The number of likely N-dealkylation sites (tertiary alicyclic amines) is 1. The van der Waals surface area contributed by atoms with Crippen molar-refractivity contribution in [1.82, 2.24) is 4.90 Å². The zero-order chi connectivity index (χ0) is 17.9. The molecule has 1 aromatic rings. The third kappa shape index (κ3) is 4.24. The van der Waals surface area contributed by atoms with Gasteiger partial charge in [0.15, 0.2) is 0 Å². The summed E-state index contributed by atoms with van der Waals surface area (Å²) < 4.78 is 37.4. The number of halogens is 3. The number of alkyl halides is 3. The standard InChI is InChI=1S/C15H16F3N3O3/c16-15(17,18)10-1-3-11(4-2-10)20-13(23)14(24)21-7-5-9(6-8-21)12(19)22/h1-4,9H,5-8H2,(H2,19,22)(H,20,23). The van der Waals surface area contributed by atoms with Crippen molar-refractivity contribution in [3.8, 4) is 0 Å². The van der Waals surface area contributed by atoms with E-state index in [1.807, 2.05) is 0 Å². The van der Waals surface area contributed by atoms with Crippen LogP contribution in [0.15, 0.2) is 24.3 Å². The number of piperidine rings is 1. The molecule has 0 radical (unpaired) electrons. The van der Waals surface area contributed by atoms with Crippen LogP contribution < -0.4 is 11.1 Å².